The van der Waals surface area contributed by atoms with Gasteiger partial charge in [-0.05, 0) is 58.5 Å². The molecule has 2 aromatic rings. The molecule has 0 spiro atoms. The Morgan fingerprint density at radius 3 is 2.34 bits per heavy atom. The summed E-state index contributed by atoms with van der Waals surface area (Å²) < 4.78 is 16.1. The highest BCUT2D eigenvalue weighted by molar-refractivity contribution is 6.00. The molecule has 160 valence electrons. The zero-order valence-electron chi connectivity index (χ0n) is 18.4. The average molecular weight is 404 g/mol. The maximum atomic E-state index is 13.0. The van der Waals surface area contributed by atoms with Crippen LogP contribution in [0, 0.1) is 6.92 Å². The van der Waals surface area contributed by atoms with E-state index < -0.39 is 0 Å². The second-order valence-corrected chi connectivity index (χ2v) is 7.12. The number of hydrogen-bond acceptors (Lipinski definition) is 6. The summed E-state index contributed by atoms with van der Waals surface area (Å²) >= 11 is 0. The maximum Gasteiger partial charge on any atom is 0.257 e. The molecular weight excluding hydrogens is 370 g/mol. The molecule has 7 heteroatoms. The number of methoxy groups -OCH3 is 2. The van der Waals surface area contributed by atoms with Gasteiger partial charge in [0.05, 0.1) is 19.9 Å². The molecule has 1 heterocycles. The van der Waals surface area contributed by atoms with Gasteiger partial charge < -0.3 is 24.2 Å². The Labute approximate surface area is 173 Å². The van der Waals surface area contributed by atoms with Gasteiger partial charge in [0.25, 0.3) is 5.91 Å². The van der Waals surface area contributed by atoms with E-state index in [0.29, 0.717) is 34.1 Å². The van der Waals surface area contributed by atoms with Crippen LogP contribution in [0.25, 0.3) is 11.3 Å². The number of nitrogens with one attached hydrogen (secondary N) is 1. The van der Waals surface area contributed by atoms with Crippen LogP contribution in [0.15, 0.2) is 22.7 Å². The fraction of sp³-hybridized carbons (Fsp3) is 0.545. The molecule has 0 aliphatic heterocycles. The Kier molecular flexibility index (Phi) is 8.51. The first-order valence-corrected chi connectivity index (χ1v) is 10.2. The summed E-state index contributed by atoms with van der Waals surface area (Å²) in [7, 11) is 3.16. The van der Waals surface area contributed by atoms with Crippen LogP contribution in [0.4, 0.5) is 0 Å². The van der Waals surface area contributed by atoms with Gasteiger partial charge in [-0.3, -0.25) is 4.79 Å². The first kappa shape index (κ1) is 22.7. The number of carbonyl (C=O) groups excluding carboxylic acids is 1. The Bertz CT molecular complexity index is 777. The highest BCUT2D eigenvalue weighted by atomic mass is 16.5. The van der Waals surface area contributed by atoms with Crippen LogP contribution < -0.4 is 14.8 Å². The second-order valence-electron chi connectivity index (χ2n) is 7.12. The van der Waals surface area contributed by atoms with Gasteiger partial charge in [0.2, 0.25) is 0 Å². The first-order valence-electron chi connectivity index (χ1n) is 10.2. The molecule has 0 aliphatic carbocycles. The zero-order chi connectivity index (χ0) is 21.4. The highest BCUT2D eigenvalue weighted by Gasteiger charge is 2.24. The van der Waals surface area contributed by atoms with Gasteiger partial charge in [-0.15, -0.1) is 0 Å². The lowest BCUT2D eigenvalue weighted by Crippen LogP contribution is -2.34. The van der Waals surface area contributed by atoms with E-state index in [1.54, 1.807) is 39.3 Å². The van der Waals surface area contributed by atoms with E-state index in [9.17, 15) is 4.79 Å². The third kappa shape index (κ3) is 5.97. The lowest BCUT2D eigenvalue weighted by Gasteiger charge is -2.19. The van der Waals surface area contributed by atoms with Crippen molar-refractivity contribution in [2.75, 3.05) is 33.9 Å². The fourth-order valence-electron chi connectivity index (χ4n) is 3.30. The minimum atomic E-state index is -0.184. The molecule has 0 unspecified atom stereocenters. The van der Waals surface area contributed by atoms with Crippen molar-refractivity contribution >= 4 is 5.91 Å². The number of nitrogens with zero attached hydrogens (tertiary/aromatic N) is 2. The average Bonchev–Trinajstić information content (AvgIpc) is 3.12. The Hall–Kier alpha value is -2.54. The molecule has 0 radical (unpaired) electrons. The van der Waals surface area contributed by atoms with E-state index in [4.69, 9.17) is 14.0 Å². The van der Waals surface area contributed by atoms with Crippen LogP contribution in [0.3, 0.4) is 0 Å². The molecular formula is C22H33N3O4. The smallest absolute Gasteiger partial charge is 0.257 e. The number of hydrogen-bond donors (Lipinski definition) is 1. The van der Waals surface area contributed by atoms with Crippen LogP contribution >= 0.6 is 0 Å². The lowest BCUT2D eigenvalue weighted by atomic mass is 10.0. The number of benzene rings is 1. The quantitative estimate of drug-likeness (QED) is 0.613. The molecule has 0 saturated heterocycles. The molecule has 0 bridgehead atoms. The normalized spacial score (nSPS) is 12.1. The molecule has 7 nitrogen and oxygen atoms in total. The largest absolute Gasteiger partial charge is 0.497 e. The van der Waals surface area contributed by atoms with Gasteiger partial charge in [0.1, 0.15) is 17.1 Å². The second kappa shape index (κ2) is 10.9. The molecule has 29 heavy (non-hydrogen) atoms. The number of carbonyl (C=O) groups is 1. The summed E-state index contributed by atoms with van der Waals surface area (Å²) in [5, 5.41) is 7.10. The summed E-state index contributed by atoms with van der Waals surface area (Å²) in [6.45, 7) is 11.3. The predicted molar refractivity (Wildman–Crippen MR) is 114 cm³/mol. The van der Waals surface area contributed by atoms with E-state index >= 15 is 0 Å². The minimum absolute atomic E-state index is 0.0556. The van der Waals surface area contributed by atoms with Gasteiger partial charge in [-0.25, -0.2) is 0 Å². The maximum absolute atomic E-state index is 13.0. The molecule has 1 amide bonds. The lowest BCUT2D eigenvalue weighted by molar-refractivity contribution is 0.0937. The molecule has 1 atom stereocenters. The number of rotatable bonds is 11. The van der Waals surface area contributed by atoms with Gasteiger partial charge in [0.15, 0.2) is 5.76 Å². The van der Waals surface area contributed by atoms with Gasteiger partial charge in [-0.2, -0.15) is 0 Å². The summed E-state index contributed by atoms with van der Waals surface area (Å²) in [6.07, 6.45) is 1.95. The van der Waals surface area contributed by atoms with Crippen molar-refractivity contribution in [3.05, 3.63) is 29.5 Å². The standard InChI is InChI=1S/C22H33N3O4/c1-7-25(8-2)11-9-10-15(3)23-22(26)20-16(4)24-29-21(20)17-12-18(27-5)14-19(13-17)28-6/h12-15H,7-11H2,1-6H3,(H,23,26)/t15-/m1/s1. The summed E-state index contributed by atoms with van der Waals surface area (Å²) in [5.41, 5.74) is 1.67. The van der Waals surface area contributed by atoms with E-state index in [2.05, 4.69) is 29.2 Å². The van der Waals surface area contributed by atoms with Gasteiger partial charge >= 0.3 is 0 Å². The van der Waals surface area contributed by atoms with Crippen molar-refractivity contribution in [3.8, 4) is 22.8 Å². The minimum Gasteiger partial charge on any atom is -0.497 e. The van der Waals surface area contributed by atoms with E-state index in [-0.39, 0.29) is 11.9 Å². The third-order valence-electron chi connectivity index (χ3n) is 5.09. The molecule has 0 saturated carbocycles. The third-order valence-corrected chi connectivity index (χ3v) is 5.09. The van der Waals surface area contributed by atoms with Crippen LogP contribution in [0.1, 0.15) is 49.7 Å². The van der Waals surface area contributed by atoms with Gasteiger partial charge in [0, 0.05) is 17.7 Å². The molecule has 0 fully saturated rings. The van der Waals surface area contributed by atoms with Crippen molar-refractivity contribution in [1.29, 1.82) is 0 Å². The summed E-state index contributed by atoms with van der Waals surface area (Å²) in [4.78, 5) is 15.3. The number of ether oxygens (including phenoxy) is 2. The topological polar surface area (TPSA) is 76.8 Å². The van der Waals surface area contributed by atoms with Crippen LogP contribution in [-0.2, 0) is 0 Å². The van der Waals surface area contributed by atoms with Crippen molar-refractivity contribution in [3.63, 3.8) is 0 Å². The van der Waals surface area contributed by atoms with Crippen LogP contribution in [-0.4, -0.2) is 55.9 Å². The highest BCUT2D eigenvalue weighted by Crippen LogP contribution is 2.33. The Morgan fingerprint density at radius 1 is 1.17 bits per heavy atom. The predicted octanol–water partition coefficient (Wildman–Crippen LogP) is 3.91. The molecule has 1 aromatic carbocycles. The van der Waals surface area contributed by atoms with E-state index in [1.807, 2.05) is 6.92 Å². The SMILES string of the molecule is CCN(CC)CCC[C@@H](C)NC(=O)c1c(C)noc1-c1cc(OC)cc(OC)c1. The van der Waals surface area contributed by atoms with Crippen molar-refractivity contribution in [2.45, 2.75) is 46.6 Å². The number of aromatic nitrogens is 1. The molecule has 2 rings (SSSR count). The molecule has 1 aromatic heterocycles. The number of aryl methyl sites for hydroxylation is 1. The molecule has 0 aliphatic rings. The zero-order valence-corrected chi connectivity index (χ0v) is 18.4. The Morgan fingerprint density at radius 2 is 1.79 bits per heavy atom. The number of amides is 1. The van der Waals surface area contributed by atoms with Crippen molar-refractivity contribution in [2.24, 2.45) is 0 Å². The van der Waals surface area contributed by atoms with Crippen molar-refractivity contribution in [1.82, 2.24) is 15.4 Å². The Balaban J connectivity index is 2.13. The van der Waals surface area contributed by atoms with Crippen LogP contribution in [0.5, 0.6) is 11.5 Å². The monoisotopic (exact) mass is 403 g/mol. The van der Waals surface area contributed by atoms with Gasteiger partial charge in [-0.1, -0.05) is 19.0 Å². The van der Waals surface area contributed by atoms with Crippen molar-refractivity contribution < 1.29 is 18.8 Å². The van der Waals surface area contributed by atoms with Crippen LogP contribution in [0.2, 0.25) is 0 Å². The van der Waals surface area contributed by atoms with E-state index in [1.165, 1.54) is 0 Å². The fourth-order valence-corrected chi connectivity index (χ4v) is 3.30. The first-order chi connectivity index (χ1) is 13.9. The summed E-state index contributed by atoms with van der Waals surface area (Å²) in [6, 6.07) is 5.42. The molecule has 1 N–H and O–H groups in total. The summed E-state index contributed by atoms with van der Waals surface area (Å²) in [5.74, 6) is 1.46. The van der Waals surface area contributed by atoms with E-state index in [0.717, 1.165) is 32.5 Å².